The van der Waals surface area contributed by atoms with Gasteiger partial charge in [0, 0.05) is 23.2 Å². The average Bonchev–Trinajstić information content (AvgIpc) is 2.77. The number of nitrogens with zero attached hydrogens (tertiary/aromatic N) is 1. The molecule has 3 aromatic carbocycles. The fraction of sp³-hybridized carbons (Fsp3) is 0.174. The van der Waals surface area contributed by atoms with Crippen LogP contribution in [-0.2, 0) is 4.74 Å². The van der Waals surface area contributed by atoms with Gasteiger partial charge in [-0.25, -0.2) is 9.89 Å². The highest BCUT2D eigenvalue weighted by molar-refractivity contribution is 6.09. The average molecular weight is 403 g/mol. The Balaban J connectivity index is 1.86. The number of anilines is 1. The molecule has 0 amide bonds. The Labute approximate surface area is 172 Å². The fourth-order valence-corrected chi connectivity index (χ4v) is 3.72. The molecule has 0 bridgehead atoms. The van der Waals surface area contributed by atoms with Gasteiger partial charge < -0.3 is 14.8 Å². The van der Waals surface area contributed by atoms with E-state index in [1.807, 2.05) is 43.3 Å². The Morgan fingerprint density at radius 1 is 1.03 bits per heavy atom. The van der Waals surface area contributed by atoms with Crippen molar-refractivity contribution in [2.45, 2.75) is 13.0 Å². The molecule has 0 saturated heterocycles. The van der Waals surface area contributed by atoms with Crippen molar-refractivity contribution in [3.63, 3.8) is 0 Å². The number of aromatic amines is 1. The maximum absolute atomic E-state index is 12.1. The van der Waals surface area contributed by atoms with E-state index in [0.29, 0.717) is 22.5 Å². The summed E-state index contributed by atoms with van der Waals surface area (Å²) >= 11 is 0. The van der Waals surface area contributed by atoms with Crippen LogP contribution in [0.1, 0.15) is 28.9 Å². The molecule has 152 valence electrons. The number of rotatable bonds is 5. The van der Waals surface area contributed by atoms with Crippen molar-refractivity contribution in [2.75, 3.05) is 19.5 Å². The zero-order chi connectivity index (χ0) is 21.3. The van der Waals surface area contributed by atoms with E-state index < -0.39 is 5.97 Å². The van der Waals surface area contributed by atoms with Gasteiger partial charge in [0.05, 0.1) is 19.8 Å². The highest BCUT2D eigenvalue weighted by Gasteiger charge is 2.17. The number of hydrogen-bond donors (Lipinski definition) is 2. The number of carbonyl (C=O) groups excluding carboxylic acids is 1. The monoisotopic (exact) mass is 403 g/mol. The molecule has 30 heavy (non-hydrogen) atoms. The van der Waals surface area contributed by atoms with Crippen molar-refractivity contribution in [2.24, 2.45) is 0 Å². The summed E-state index contributed by atoms with van der Waals surface area (Å²) in [6, 6.07) is 16.4. The molecule has 0 fully saturated rings. The molecule has 4 rings (SSSR count). The normalized spacial score (nSPS) is 12.0. The highest BCUT2D eigenvalue weighted by atomic mass is 16.5. The van der Waals surface area contributed by atoms with E-state index in [1.165, 1.54) is 13.2 Å². The third-order valence-corrected chi connectivity index (χ3v) is 5.14. The van der Waals surface area contributed by atoms with Crippen molar-refractivity contribution in [1.29, 1.82) is 0 Å². The van der Waals surface area contributed by atoms with E-state index in [-0.39, 0.29) is 11.6 Å². The first-order valence-corrected chi connectivity index (χ1v) is 9.46. The van der Waals surface area contributed by atoms with Crippen LogP contribution in [0.3, 0.4) is 0 Å². The molecule has 7 heteroatoms. The maximum atomic E-state index is 12.1. The van der Waals surface area contributed by atoms with Gasteiger partial charge in [-0.1, -0.05) is 30.3 Å². The molecule has 1 aromatic heterocycles. The topological polar surface area (TPSA) is 93.3 Å². The zero-order valence-corrected chi connectivity index (χ0v) is 16.9. The van der Waals surface area contributed by atoms with Gasteiger partial charge in [-0.05, 0) is 41.5 Å². The van der Waals surface area contributed by atoms with Gasteiger partial charge in [0.2, 0.25) is 0 Å². The second kappa shape index (κ2) is 7.87. The lowest BCUT2D eigenvalue weighted by atomic mass is 9.96. The smallest absolute Gasteiger partial charge is 0.339 e. The zero-order valence-electron chi connectivity index (χ0n) is 16.9. The molecule has 0 saturated carbocycles. The molecular weight excluding hydrogens is 382 g/mol. The van der Waals surface area contributed by atoms with Crippen LogP contribution in [0.5, 0.6) is 5.75 Å². The summed E-state index contributed by atoms with van der Waals surface area (Å²) in [5, 5.41) is 12.6. The van der Waals surface area contributed by atoms with E-state index >= 15 is 0 Å². The van der Waals surface area contributed by atoms with Crippen molar-refractivity contribution in [1.82, 2.24) is 10.2 Å². The molecule has 2 N–H and O–H groups in total. The molecule has 1 heterocycles. The van der Waals surface area contributed by atoms with Gasteiger partial charge in [-0.3, -0.25) is 4.79 Å². The molecule has 4 aromatic rings. The molecule has 1 unspecified atom stereocenters. The van der Waals surface area contributed by atoms with Crippen molar-refractivity contribution < 1.29 is 14.3 Å². The summed E-state index contributed by atoms with van der Waals surface area (Å²) in [6.45, 7) is 2.01. The lowest BCUT2D eigenvalue weighted by Gasteiger charge is -2.20. The third-order valence-electron chi connectivity index (χ3n) is 5.14. The highest BCUT2D eigenvalue weighted by Crippen LogP contribution is 2.35. The fourth-order valence-electron chi connectivity index (χ4n) is 3.72. The quantitative estimate of drug-likeness (QED) is 0.386. The molecule has 0 aliphatic rings. The molecule has 0 aliphatic heterocycles. The van der Waals surface area contributed by atoms with Crippen LogP contribution in [0.4, 0.5) is 5.69 Å². The number of para-hydroxylation sites is 1. The molecule has 1 atom stereocenters. The Morgan fingerprint density at radius 3 is 2.60 bits per heavy atom. The Morgan fingerprint density at radius 2 is 1.83 bits per heavy atom. The summed E-state index contributed by atoms with van der Waals surface area (Å²) in [4.78, 5) is 24.0. The van der Waals surface area contributed by atoms with Gasteiger partial charge in [-0.2, -0.15) is 5.10 Å². The van der Waals surface area contributed by atoms with Gasteiger partial charge in [-0.15, -0.1) is 0 Å². The first-order valence-electron chi connectivity index (χ1n) is 9.46. The predicted octanol–water partition coefficient (Wildman–Crippen LogP) is 4.04. The van der Waals surface area contributed by atoms with Crippen molar-refractivity contribution in [3.05, 3.63) is 76.1 Å². The van der Waals surface area contributed by atoms with Gasteiger partial charge >= 0.3 is 5.97 Å². The molecule has 0 radical (unpaired) electrons. The largest absolute Gasteiger partial charge is 0.494 e. The lowest BCUT2D eigenvalue weighted by Crippen LogP contribution is -2.12. The summed E-state index contributed by atoms with van der Waals surface area (Å²) in [5.41, 5.74) is 2.46. The number of methoxy groups -OCH3 is 2. The maximum Gasteiger partial charge on any atom is 0.339 e. The lowest BCUT2D eigenvalue weighted by molar-refractivity contribution is 0.0602. The molecular formula is C23H21N3O4. The van der Waals surface area contributed by atoms with Crippen molar-refractivity contribution in [3.8, 4) is 5.75 Å². The van der Waals surface area contributed by atoms with Gasteiger partial charge in [0.25, 0.3) is 5.56 Å². The Hall–Kier alpha value is -3.87. The number of nitrogens with one attached hydrogen (secondary N) is 2. The SMILES string of the molecule is COC(=O)c1ccccc1NC(C)c1cccc2c1cc(OC)c1n[nH]c(=O)cc12. The van der Waals surface area contributed by atoms with Crippen LogP contribution in [0, 0.1) is 0 Å². The van der Waals surface area contributed by atoms with Crippen LogP contribution in [0.15, 0.2) is 59.4 Å². The summed E-state index contributed by atoms with van der Waals surface area (Å²) < 4.78 is 10.4. The minimum atomic E-state index is -0.402. The van der Waals surface area contributed by atoms with Crippen LogP contribution in [0.25, 0.3) is 21.7 Å². The van der Waals surface area contributed by atoms with Crippen LogP contribution < -0.4 is 15.6 Å². The number of carbonyl (C=O) groups is 1. The molecule has 7 nitrogen and oxygen atoms in total. The van der Waals surface area contributed by atoms with Crippen molar-refractivity contribution >= 4 is 33.3 Å². The second-order valence-corrected chi connectivity index (χ2v) is 6.92. The van der Waals surface area contributed by atoms with E-state index in [0.717, 1.165) is 21.7 Å². The van der Waals surface area contributed by atoms with Crippen LogP contribution in [-0.4, -0.2) is 30.4 Å². The third kappa shape index (κ3) is 3.34. The number of aromatic nitrogens is 2. The predicted molar refractivity (Wildman–Crippen MR) is 116 cm³/mol. The van der Waals surface area contributed by atoms with Gasteiger partial charge in [0.1, 0.15) is 11.3 Å². The Bertz CT molecular complexity index is 1310. The molecule has 0 spiro atoms. The van der Waals surface area contributed by atoms with E-state index in [2.05, 4.69) is 15.5 Å². The van der Waals surface area contributed by atoms with E-state index in [1.54, 1.807) is 19.2 Å². The Kier molecular flexibility index (Phi) is 5.10. The van der Waals surface area contributed by atoms with E-state index in [4.69, 9.17) is 9.47 Å². The standard InChI is InChI=1S/C23H21N3O4/c1-13(24-19-10-5-4-7-16(19)23(28)30-3)14-8-6-9-15-17(14)11-20(29-2)22-18(15)12-21(27)25-26-22/h4-13,24H,1-3H3,(H,25,27). The van der Waals surface area contributed by atoms with Crippen LogP contribution >= 0.6 is 0 Å². The molecule has 0 aliphatic carbocycles. The number of fused-ring (bicyclic) bond motifs is 3. The van der Waals surface area contributed by atoms with Crippen LogP contribution in [0.2, 0.25) is 0 Å². The summed E-state index contributed by atoms with van der Waals surface area (Å²) in [6.07, 6.45) is 0. The first-order chi connectivity index (χ1) is 14.5. The minimum absolute atomic E-state index is 0.142. The summed E-state index contributed by atoms with van der Waals surface area (Å²) in [7, 11) is 2.94. The number of ether oxygens (including phenoxy) is 2. The summed E-state index contributed by atoms with van der Waals surface area (Å²) in [5.74, 6) is 0.171. The number of benzene rings is 3. The number of esters is 1. The minimum Gasteiger partial charge on any atom is -0.494 e. The van der Waals surface area contributed by atoms with Gasteiger partial charge in [0.15, 0.2) is 0 Å². The van der Waals surface area contributed by atoms with E-state index in [9.17, 15) is 9.59 Å². The number of hydrogen-bond acceptors (Lipinski definition) is 6. The number of H-pyrrole nitrogens is 1. The second-order valence-electron chi connectivity index (χ2n) is 6.92. The first kappa shape index (κ1) is 19.4.